The van der Waals surface area contributed by atoms with Crippen molar-refractivity contribution >= 4 is 34.6 Å². The predicted molar refractivity (Wildman–Crippen MR) is 109 cm³/mol. The molecule has 1 saturated carbocycles. The van der Waals surface area contributed by atoms with Gasteiger partial charge >= 0.3 is 0 Å². The van der Waals surface area contributed by atoms with Gasteiger partial charge in [0.25, 0.3) is 0 Å². The minimum Gasteiger partial charge on any atom is -0.486 e. The van der Waals surface area contributed by atoms with E-state index in [9.17, 15) is 13.6 Å². The lowest BCUT2D eigenvalue weighted by Crippen LogP contribution is -2.17. The van der Waals surface area contributed by atoms with Crippen LogP contribution >= 0.6 is 0 Å². The average Bonchev–Trinajstić information content (AvgIpc) is 3.29. The number of carbonyl (C=O) groups is 1. The van der Waals surface area contributed by atoms with Crippen LogP contribution in [0.2, 0.25) is 0 Å². The highest BCUT2D eigenvalue weighted by Crippen LogP contribution is 2.40. The smallest absolute Gasteiger partial charge is 0.224 e. The zero-order chi connectivity index (χ0) is 21.5. The third-order valence-electron chi connectivity index (χ3n) is 5.16. The first-order chi connectivity index (χ1) is 15.0. The number of hydrogen-bond acceptors (Lipinski definition) is 7. The summed E-state index contributed by atoms with van der Waals surface area (Å²) >= 11 is 0. The van der Waals surface area contributed by atoms with Crippen molar-refractivity contribution in [3.63, 3.8) is 0 Å². The fourth-order valence-corrected chi connectivity index (χ4v) is 3.51. The van der Waals surface area contributed by atoms with E-state index in [-0.39, 0.29) is 18.2 Å². The summed E-state index contributed by atoms with van der Waals surface area (Å²) in [4.78, 5) is 16.8. The number of halogens is 2. The van der Waals surface area contributed by atoms with Crippen LogP contribution in [0.3, 0.4) is 0 Å². The van der Waals surface area contributed by atoms with Gasteiger partial charge in [-0.15, -0.1) is 0 Å². The number of rotatable bonds is 6. The van der Waals surface area contributed by atoms with Crippen molar-refractivity contribution in [2.45, 2.75) is 19.0 Å². The van der Waals surface area contributed by atoms with Gasteiger partial charge in [-0.05, 0) is 6.42 Å². The highest BCUT2D eigenvalue weighted by Gasteiger charge is 2.38. The molecule has 0 saturated heterocycles. The third kappa shape index (κ3) is 3.78. The molecule has 1 fully saturated rings. The number of carbonyl (C=O) groups excluding carboxylic acids is 1. The number of alkyl halides is 1. The maximum atomic E-state index is 14.1. The Balaban J connectivity index is 1.47. The first kappa shape index (κ1) is 19.3. The van der Waals surface area contributed by atoms with E-state index in [1.807, 2.05) is 0 Å². The van der Waals surface area contributed by atoms with Crippen molar-refractivity contribution in [2.75, 3.05) is 36.2 Å². The molecule has 3 aromatic rings. The van der Waals surface area contributed by atoms with Gasteiger partial charge in [0.15, 0.2) is 17.1 Å². The number of anilines is 4. The number of nitrogens with zero attached hydrogens (tertiary/aromatic N) is 3. The molecule has 0 unspecified atom stereocenters. The molecule has 9 nitrogen and oxygen atoms in total. The number of ether oxygens (including phenoxy) is 2. The average molecular weight is 430 g/mol. The van der Waals surface area contributed by atoms with Gasteiger partial charge in [0.1, 0.15) is 42.5 Å². The predicted octanol–water partition coefficient (Wildman–Crippen LogP) is 3.11. The fraction of sp³-hybridized carbons (Fsp3) is 0.350. The Hall–Kier alpha value is -3.63. The molecule has 11 heteroatoms. The highest BCUT2D eigenvalue weighted by molar-refractivity contribution is 5.95. The van der Waals surface area contributed by atoms with Gasteiger partial charge in [-0.25, -0.2) is 13.8 Å². The maximum absolute atomic E-state index is 14.1. The molecular weight excluding hydrogens is 410 g/mol. The van der Waals surface area contributed by atoms with E-state index in [0.29, 0.717) is 59.8 Å². The van der Waals surface area contributed by atoms with E-state index >= 15 is 0 Å². The van der Waals surface area contributed by atoms with Gasteiger partial charge in [-0.3, -0.25) is 4.79 Å². The third-order valence-corrected chi connectivity index (χ3v) is 5.16. The Morgan fingerprint density at radius 1 is 1.26 bits per heavy atom. The summed E-state index contributed by atoms with van der Waals surface area (Å²) in [5.41, 5.74) is 1.13. The standard InChI is InChI=1S/C20H20F2N6O3/c1-23-17-8-16(25-13-6-11(21)7-15-19(13)31-3-2-30-15)27-20-14(9-24-28(17)20)26-18(29)5-10-4-12(10)22/h6-10,12,23H,2-5H2,1H3,(H,25,27)(H,26,29)/t10-,12-/m1/s1. The summed E-state index contributed by atoms with van der Waals surface area (Å²) in [5, 5.41) is 13.1. The quantitative estimate of drug-likeness (QED) is 0.552. The molecule has 3 heterocycles. The van der Waals surface area contributed by atoms with Crippen LogP contribution < -0.4 is 25.4 Å². The molecule has 0 spiro atoms. The van der Waals surface area contributed by atoms with Crippen LogP contribution in [-0.4, -0.2) is 46.9 Å². The number of fused-ring (bicyclic) bond motifs is 2. The van der Waals surface area contributed by atoms with E-state index in [2.05, 4.69) is 26.0 Å². The van der Waals surface area contributed by atoms with Crippen LogP contribution in [0.15, 0.2) is 24.4 Å². The molecule has 3 N–H and O–H groups in total. The molecule has 1 amide bonds. The van der Waals surface area contributed by atoms with Crippen molar-refractivity contribution in [3.8, 4) is 11.5 Å². The monoisotopic (exact) mass is 430 g/mol. The first-order valence-electron chi connectivity index (χ1n) is 9.88. The second kappa shape index (κ2) is 7.56. The van der Waals surface area contributed by atoms with E-state index < -0.39 is 12.0 Å². The normalized spacial score (nSPS) is 19.2. The van der Waals surface area contributed by atoms with E-state index in [1.54, 1.807) is 13.1 Å². The van der Waals surface area contributed by atoms with Crippen LogP contribution in [0.4, 0.5) is 31.8 Å². The molecule has 2 aromatic heterocycles. The molecule has 2 atom stereocenters. The van der Waals surface area contributed by atoms with Crippen LogP contribution in [0.5, 0.6) is 11.5 Å². The van der Waals surface area contributed by atoms with Gasteiger partial charge in [0.2, 0.25) is 5.91 Å². The second-order valence-electron chi connectivity index (χ2n) is 7.44. The van der Waals surface area contributed by atoms with Crippen LogP contribution in [0, 0.1) is 11.7 Å². The molecule has 5 rings (SSSR count). The van der Waals surface area contributed by atoms with Crippen molar-refractivity contribution in [1.82, 2.24) is 14.6 Å². The minimum absolute atomic E-state index is 0.113. The first-order valence-corrected chi connectivity index (χ1v) is 9.88. The summed E-state index contributed by atoms with van der Waals surface area (Å²) in [6.07, 6.45) is 1.11. The van der Waals surface area contributed by atoms with E-state index in [1.165, 1.54) is 22.8 Å². The number of amides is 1. The van der Waals surface area contributed by atoms with Gasteiger partial charge in [0, 0.05) is 37.6 Å². The number of benzene rings is 1. The Labute approximate surface area is 175 Å². The van der Waals surface area contributed by atoms with Gasteiger partial charge in [-0.1, -0.05) is 0 Å². The van der Waals surface area contributed by atoms with Crippen LogP contribution in [0.25, 0.3) is 5.65 Å². The van der Waals surface area contributed by atoms with Crippen molar-refractivity contribution in [2.24, 2.45) is 5.92 Å². The Kier molecular flexibility index (Phi) is 4.72. The molecule has 31 heavy (non-hydrogen) atoms. The second-order valence-corrected chi connectivity index (χ2v) is 7.44. The summed E-state index contributed by atoms with van der Waals surface area (Å²) in [6, 6.07) is 4.24. The lowest BCUT2D eigenvalue weighted by molar-refractivity contribution is -0.116. The fourth-order valence-electron chi connectivity index (χ4n) is 3.51. The Morgan fingerprint density at radius 2 is 2.06 bits per heavy atom. The van der Waals surface area contributed by atoms with Crippen molar-refractivity contribution in [1.29, 1.82) is 0 Å². The topological polar surface area (TPSA) is 102 Å². The van der Waals surface area contributed by atoms with Crippen molar-refractivity contribution < 1.29 is 23.0 Å². The summed E-state index contributed by atoms with van der Waals surface area (Å²) in [7, 11) is 1.72. The van der Waals surface area contributed by atoms with E-state index in [4.69, 9.17) is 9.47 Å². The molecular formula is C20H20F2N6O3. The van der Waals surface area contributed by atoms with Crippen LogP contribution in [0.1, 0.15) is 12.8 Å². The Morgan fingerprint density at radius 3 is 2.84 bits per heavy atom. The summed E-state index contributed by atoms with van der Waals surface area (Å²) in [5.74, 6) is 0.671. The molecule has 2 aliphatic rings. The zero-order valence-electron chi connectivity index (χ0n) is 16.6. The van der Waals surface area contributed by atoms with Gasteiger partial charge < -0.3 is 25.4 Å². The minimum atomic E-state index is -0.900. The molecule has 1 aliphatic heterocycles. The molecule has 1 aromatic carbocycles. The highest BCUT2D eigenvalue weighted by atomic mass is 19.1. The number of aromatic nitrogens is 3. The van der Waals surface area contributed by atoms with Gasteiger partial charge in [-0.2, -0.15) is 9.61 Å². The number of hydrogen-bond donors (Lipinski definition) is 3. The van der Waals surface area contributed by atoms with E-state index in [0.717, 1.165) is 0 Å². The van der Waals surface area contributed by atoms with Crippen LogP contribution in [-0.2, 0) is 4.79 Å². The zero-order valence-corrected chi connectivity index (χ0v) is 16.6. The number of nitrogens with one attached hydrogen (secondary N) is 3. The summed E-state index contributed by atoms with van der Waals surface area (Å²) in [6.45, 7) is 0.688. The lowest BCUT2D eigenvalue weighted by Gasteiger charge is -2.21. The molecule has 162 valence electrons. The SMILES string of the molecule is CNc1cc(Nc2cc(F)cc3c2OCCO3)nc2c(NC(=O)C[C@H]3C[C@H]3F)cnn12. The largest absolute Gasteiger partial charge is 0.486 e. The maximum Gasteiger partial charge on any atom is 0.224 e. The summed E-state index contributed by atoms with van der Waals surface area (Å²) < 4.78 is 39.8. The molecule has 1 aliphatic carbocycles. The Bertz CT molecular complexity index is 1170. The van der Waals surface area contributed by atoms with Gasteiger partial charge in [0.05, 0.1) is 11.9 Å². The van der Waals surface area contributed by atoms with Crippen molar-refractivity contribution in [3.05, 3.63) is 30.2 Å². The lowest BCUT2D eigenvalue weighted by atomic mass is 10.2. The molecule has 0 bridgehead atoms. The molecule has 0 radical (unpaired) electrons.